The second-order valence-electron chi connectivity index (χ2n) is 5.49. The molecule has 144 valence electrons. The first kappa shape index (κ1) is 18.6. The number of para-hydroxylation sites is 1. The van der Waals surface area contributed by atoms with E-state index in [1.807, 2.05) is 24.3 Å². The van der Waals surface area contributed by atoms with E-state index in [1.54, 1.807) is 17.4 Å². The Morgan fingerprint density at radius 3 is 2.79 bits per heavy atom. The van der Waals surface area contributed by atoms with Gasteiger partial charge in [0, 0.05) is 5.56 Å². The van der Waals surface area contributed by atoms with Crippen LogP contribution in [0, 0.1) is 0 Å². The molecule has 0 aliphatic heterocycles. The number of hydrogen-bond donors (Lipinski definition) is 0. The quantitative estimate of drug-likeness (QED) is 0.378. The van der Waals surface area contributed by atoms with E-state index in [1.165, 1.54) is 31.0 Å². The fourth-order valence-electron chi connectivity index (χ4n) is 2.47. The highest BCUT2D eigenvalue weighted by Gasteiger charge is 2.15. The van der Waals surface area contributed by atoms with Crippen LogP contribution < -0.4 is 9.47 Å². The van der Waals surface area contributed by atoms with Crippen molar-refractivity contribution in [1.29, 1.82) is 0 Å². The maximum Gasteiger partial charge on any atom is 0.387 e. The first-order valence-corrected chi connectivity index (χ1v) is 9.87. The molecule has 0 saturated heterocycles. The number of rotatable bonds is 7. The summed E-state index contributed by atoms with van der Waals surface area (Å²) in [5.41, 5.74) is 1.53. The summed E-state index contributed by atoms with van der Waals surface area (Å²) in [6.07, 6.45) is 0. The summed E-state index contributed by atoms with van der Waals surface area (Å²) in [5.74, 6) is 1.34. The molecule has 0 amide bonds. The van der Waals surface area contributed by atoms with Crippen molar-refractivity contribution < 1.29 is 22.8 Å². The third-order valence-corrected chi connectivity index (χ3v) is 5.86. The Balaban J connectivity index is 1.47. The first-order chi connectivity index (χ1) is 13.6. The molecule has 0 spiro atoms. The maximum atomic E-state index is 12.4. The lowest BCUT2D eigenvalue weighted by molar-refractivity contribution is -0.0512. The van der Waals surface area contributed by atoms with Crippen LogP contribution in [0.25, 0.3) is 21.6 Å². The van der Waals surface area contributed by atoms with Gasteiger partial charge in [-0.25, -0.2) is 4.98 Å². The minimum Gasteiger partial charge on any atom is -0.493 e. The van der Waals surface area contributed by atoms with Gasteiger partial charge in [0.2, 0.25) is 11.7 Å². The number of halogens is 2. The fourth-order valence-corrected chi connectivity index (χ4v) is 4.37. The highest BCUT2D eigenvalue weighted by atomic mass is 32.2. The number of aromatic nitrogens is 3. The molecule has 0 unspecified atom stereocenters. The van der Waals surface area contributed by atoms with Gasteiger partial charge in [-0.2, -0.15) is 13.8 Å². The molecule has 0 atom stereocenters. The van der Waals surface area contributed by atoms with Gasteiger partial charge >= 0.3 is 6.61 Å². The lowest BCUT2D eigenvalue weighted by Gasteiger charge is -2.10. The molecule has 28 heavy (non-hydrogen) atoms. The molecule has 2 heterocycles. The van der Waals surface area contributed by atoms with Gasteiger partial charge in [0.25, 0.3) is 0 Å². The smallest absolute Gasteiger partial charge is 0.387 e. The molecule has 10 heteroatoms. The van der Waals surface area contributed by atoms with Crippen molar-refractivity contribution in [3.05, 3.63) is 48.4 Å². The van der Waals surface area contributed by atoms with Gasteiger partial charge in [-0.15, -0.1) is 11.3 Å². The van der Waals surface area contributed by atoms with Gasteiger partial charge in [0.1, 0.15) is 0 Å². The van der Waals surface area contributed by atoms with Crippen LogP contribution in [0.5, 0.6) is 11.5 Å². The Hall–Kier alpha value is -2.72. The molecule has 4 aromatic rings. The Morgan fingerprint density at radius 1 is 1.14 bits per heavy atom. The Labute approximate surface area is 166 Å². The first-order valence-electron chi connectivity index (χ1n) is 8.06. The number of methoxy groups -OCH3 is 1. The van der Waals surface area contributed by atoms with Crippen LogP contribution in [0.3, 0.4) is 0 Å². The van der Waals surface area contributed by atoms with Crippen molar-refractivity contribution in [3.63, 3.8) is 0 Å². The van der Waals surface area contributed by atoms with Crippen LogP contribution >= 0.6 is 23.1 Å². The maximum absolute atomic E-state index is 12.4. The van der Waals surface area contributed by atoms with Crippen LogP contribution in [0.15, 0.2) is 51.3 Å². The molecule has 2 aromatic heterocycles. The highest BCUT2D eigenvalue weighted by molar-refractivity contribution is 8.00. The summed E-state index contributed by atoms with van der Waals surface area (Å²) in [6.45, 7) is -2.93. The minimum atomic E-state index is -2.93. The summed E-state index contributed by atoms with van der Waals surface area (Å²) < 4.78 is 41.7. The molecule has 0 aliphatic rings. The second-order valence-corrected chi connectivity index (χ2v) is 7.75. The number of ether oxygens (including phenoxy) is 2. The lowest BCUT2D eigenvalue weighted by Crippen LogP contribution is -2.03. The Morgan fingerprint density at radius 2 is 2.00 bits per heavy atom. The fraction of sp³-hybridized carbons (Fsp3) is 0.167. The molecule has 4 rings (SSSR count). The monoisotopic (exact) mass is 421 g/mol. The van der Waals surface area contributed by atoms with E-state index in [9.17, 15) is 8.78 Å². The molecular formula is C18H13F2N3O3S2. The SMILES string of the molecule is COc1cc(-c2noc(CSc3nc4ccccc4s3)n2)ccc1OC(F)F. The van der Waals surface area contributed by atoms with Crippen LogP contribution in [-0.4, -0.2) is 28.8 Å². The largest absolute Gasteiger partial charge is 0.493 e. The van der Waals surface area contributed by atoms with Gasteiger partial charge in [0.05, 0.1) is 23.1 Å². The van der Waals surface area contributed by atoms with E-state index in [-0.39, 0.29) is 11.5 Å². The highest BCUT2D eigenvalue weighted by Crippen LogP contribution is 2.34. The van der Waals surface area contributed by atoms with Gasteiger partial charge < -0.3 is 14.0 Å². The van der Waals surface area contributed by atoms with Crippen molar-refractivity contribution in [2.45, 2.75) is 16.7 Å². The third kappa shape index (κ3) is 4.07. The number of thiazole rings is 1. The molecular weight excluding hydrogens is 408 g/mol. The van der Waals surface area contributed by atoms with Crippen LogP contribution in [-0.2, 0) is 5.75 Å². The van der Waals surface area contributed by atoms with Crippen molar-refractivity contribution in [2.75, 3.05) is 7.11 Å². The standard InChI is InChI=1S/C18H13F2N3O3S2/c1-24-13-8-10(6-7-12(13)25-17(19)20)16-22-15(26-23-16)9-27-18-21-11-4-2-3-5-14(11)28-18/h2-8,17H,9H2,1H3. The van der Waals surface area contributed by atoms with E-state index >= 15 is 0 Å². The summed E-state index contributed by atoms with van der Waals surface area (Å²) in [7, 11) is 1.37. The van der Waals surface area contributed by atoms with Gasteiger partial charge in [-0.05, 0) is 30.3 Å². The lowest BCUT2D eigenvalue weighted by atomic mass is 10.2. The zero-order valence-electron chi connectivity index (χ0n) is 14.5. The molecule has 6 nitrogen and oxygen atoms in total. The van der Waals surface area contributed by atoms with Crippen LogP contribution in [0.4, 0.5) is 8.78 Å². The summed E-state index contributed by atoms with van der Waals surface area (Å²) in [6, 6.07) is 12.4. The molecule has 2 aromatic carbocycles. The van der Waals surface area contributed by atoms with Crippen molar-refractivity contribution in [2.24, 2.45) is 0 Å². The van der Waals surface area contributed by atoms with Gasteiger partial charge in [0.15, 0.2) is 15.8 Å². The predicted molar refractivity (Wildman–Crippen MR) is 102 cm³/mol. The van der Waals surface area contributed by atoms with E-state index in [0.29, 0.717) is 23.0 Å². The minimum absolute atomic E-state index is 0.0589. The van der Waals surface area contributed by atoms with Crippen LogP contribution in [0.1, 0.15) is 5.89 Å². The third-order valence-electron chi connectivity index (χ3n) is 3.70. The number of nitrogens with zero attached hydrogens (tertiary/aromatic N) is 3. The number of alkyl halides is 2. The molecule has 0 N–H and O–H groups in total. The van der Waals surface area contributed by atoms with Crippen molar-refractivity contribution in [3.8, 4) is 22.9 Å². The molecule has 0 radical (unpaired) electrons. The van der Waals surface area contributed by atoms with E-state index in [0.717, 1.165) is 14.6 Å². The summed E-state index contributed by atoms with van der Waals surface area (Å²) >= 11 is 3.11. The molecule has 0 saturated carbocycles. The second kappa shape index (κ2) is 8.11. The number of hydrogen-bond acceptors (Lipinski definition) is 8. The number of benzene rings is 2. The van der Waals surface area contributed by atoms with Gasteiger partial charge in [-0.3, -0.25) is 0 Å². The summed E-state index contributed by atoms with van der Waals surface area (Å²) in [5, 5.41) is 3.95. The zero-order valence-corrected chi connectivity index (χ0v) is 16.1. The number of thioether (sulfide) groups is 1. The summed E-state index contributed by atoms with van der Waals surface area (Å²) in [4.78, 5) is 8.90. The van der Waals surface area contributed by atoms with E-state index in [2.05, 4.69) is 19.9 Å². The van der Waals surface area contributed by atoms with Crippen molar-refractivity contribution in [1.82, 2.24) is 15.1 Å². The predicted octanol–water partition coefficient (Wildman–Crippen LogP) is 5.25. The van der Waals surface area contributed by atoms with Crippen LogP contribution in [0.2, 0.25) is 0 Å². The zero-order chi connectivity index (χ0) is 19.5. The topological polar surface area (TPSA) is 70.3 Å². The van der Waals surface area contributed by atoms with Crippen molar-refractivity contribution >= 4 is 33.3 Å². The molecule has 0 fully saturated rings. The Kier molecular flexibility index (Phi) is 5.40. The normalized spacial score (nSPS) is 11.3. The van der Waals surface area contributed by atoms with E-state index in [4.69, 9.17) is 9.26 Å². The van der Waals surface area contributed by atoms with E-state index < -0.39 is 6.61 Å². The Bertz CT molecular complexity index is 1070. The molecule has 0 bridgehead atoms. The number of fused-ring (bicyclic) bond motifs is 1. The average Bonchev–Trinajstić information content (AvgIpc) is 3.32. The molecule has 0 aliphatic carbocycles. The average molecular weight is 421 g/mol. The van der Waals surface area contributed by atoms with Gasteiger partial charge in [-0.1, -0.05) is 29.1 Å².